The minimum absolute atomic E-state index is 0. The van der Waals surface area contributed by atoms with Crippen LogP contribution in [0, 0.1) is 0 Å². The monoisotopic (exact) mass is 266 g/mol. The van der Waals surface area contributed by atoms with Crippen molar-refractivity contribution in [3.63, 3.8) is 0 Å². The summed E-state index contributed by atoms with van der Waals surface area (Å²) >= 11 is 0. The summed E-state index contributed by atoms with van der Waals surface area (Å²) in [5, 5.41) is 5.23. The molecule has 0 spiro atoms. The highest BCUT2D eigenvalue weighted by molar-refractivity contribution is 5.73. The van der Waals surface area contributed by atoms with Gasteiger partial charge in [-0.2, -0.15) is 0 Å². The second-order valence-electron chi connectivity index (χ2n) is 3.19. The summed E-state index contributed by atoms with van der Waals surface area (Å²) in [4.78, 5) is 21.0. The molecular formula is C12H30N2O4. The maximum absolute atomic E-state index is 10.5. The minimum Gasteiger partial charge on any atom is -0.377 e. The van der Waals surface area contributed by atoms with Gasteiger partial charge < -0.3 is 20.1 Å². The number of hydrogen-bond donors (Lipinski definition) is 2. The van der Waals surface area contributed by atoms with E-state index in [4.69, 9.17) is 9.47 Å². The molecule has 6 heteroatoms. The molecule has 0 aromatic carbocycles. The third kappa shape index (κ3) is 20.3. The fourth-order valence-electron chi connectivity index (χ4n) is 0.920. The Labute approximate surface area is 112 Å². The van der Waals surface area contributed by atoms with Gasteiger partial charge in [0.25, 0.3) is 0 Å². The Bertz CT molecular complexity index is 198. The first-order valence-corrected chi connectivity index (χ1v) is 6.27. The van der Waals surface area contributed by atoms with Crippen LogP contribution in [0.25, 0.3) is 0 Å². The largest absolute Gasteiger partial charge is 0.377 e. The van der Waals surface area contributed by atoms with E-state index >= 15 is 0 Å². The van der Waals surface area contributed by atoms with Gasteiger partial charge in [-0.15, -0.1) is 0 Å². The normalized spacial score (nSPS) is 9.11. The lowest BCUT2D eigenvalue weighted by molar-refractivity contribution is -0.120. The predicted octanol–water partition coefficient (Wildman–Crippen LogP) is 0.810. The molecule has 2 N–H and O–H groups in total. The van der Waals surface area contributed by atoms with Crippen LogP contribution in [-0.4, -0.2) is 51.3 Å². The number of nitrogens with one attached hydrogen (secondary N) is 2. The standard InChI is InChI=1S/C10H20N2O4.C2H6.2H2/c1-9(13)11-3-5-15-7-8-16-6-4-12-10(2)14;1-2;;/h3-8H2,1-2H3,(H,11,13)(H,12,14);1-2H3;2*1H. The van der Waals surface area contributed by atoms with Gasteiger partial charge in [0.2, 0.25) is 11.8 Å². The molecule has 6 nitrogen and oxygen atoms in total. The zero-order valence-electron chi connectivity index (χ0n) is 11.9. The van der Waals surface area contributed by atoms with Crippen molar-refractivity contribution in [3.8, 4) is 0 Å². The third-order valence-corrected chi connectivity index (χ3v) is 1.61. The molecule has 0 heterocycles. The van der Waals surface area contributed by atoms with Crippen molar-refractivity contribution in [3.05, 3.63) is 0 Å². The quantitative estimate of drug-likeness (QED) is 0.606. The van der Waals surface area contributed by atoms with Crippen LogP contribution in [0.4, 0.5) is 0 Å². The van der Waals surface area contributed by atoms with Crippen molar-refractivity contribution < 1.29 is 21.9 Å². The van der Waals surface area contributed by atoms with E-state index in [0.29, 0.717) is 39.5 Å². The van der Waals surface area contributed by atoms with Gasteiger partial charge in [0.05, 0.1) is 26.4 Å². The van der Waals surface area contributed by atoms with Crippen LogP contribution in [0.1, 0.15) is 30.5 Å². The van der Waals surface area contributed by atoms with E-state index in [1.54, 1.807) is 0 Å². The molecule has 0 fully saturated rings. The molecule has 112 valence electrons. The van der Waals surface area contributed by atoms with Crippen LogP contribution in [0.5, 0.6) is 0 Å². The molecule has 0 atom stereocenters. The summed E-state index contributed by atoms with van der Waals surface area (Å²) in [6.45, 7) is 9.89. The molecule has 0 aromatic heterocycles. The number of ether oxygens (including phenoxy) is 2. The Morgan fingerprint density at radius 2 is 1.17 bits per heavy atom. The van der Waals surface area contributed by atoms with Gasteiger partial charge in [-0.05, 0) is 0 Å². The number of carbonyl (C=O) groups is 2. The average molecular weight is 266 g/mol. The fraction of sp³-hybridized carbons (Fsp3) is 0.833. The second kappa shape index (κ2) is 15.9. The highest BCUT2D eigenvalue weighted by atomic mass is 16.5. The van der Waals surface area contributed by atoms with E-state index in [1.165, 1.54) is 13.8 Å². The van der Waals surface area contributed by atoms with Gasteiger partial charge in [-0.1, -0.05) is 13.8 Å². The lowest BCUT2D eigenvalue weighted by Gasteiger charge is -2.06. The summed E-state index contributed by atoms with van der Waals surface area (Å²) in [5.41, 5.74) is 0. The molecule has 0 aromatic rings. The number of hydrogen-bond acceptors (Lipinski definition) is 4. The SMILES string of the molecule is CC.CC(=O)NCCOCCOCCNC(C)=O.[HH].[HH]. The minimum atomic E-state index is -0.0600. The highest BCUT2D eigenvalue weighted by Crippen LogP contribution is 1.78. The number of rotatable bonds is 9. The highest BCUT2D eigenvalue weighted by Gasteiger charge is 1.93. The smallest absolute Gasteiger partial charge is 0.216 e. The summed E-state index contributed by atoms with van der Waals surface area (Å²) in [6, 6.07) is 0. The Balaban J connectivity index is -0.000000304. The fourth-order valence-corrected chi connectivity index (χ4v) is 0.920. The van der Waals surface area contributed by atoms with Gasteiger partial charge in [0, 0.05) is 29.8 Å². The summed E-state index contributed by atoms with van der Waals surface area (Å²) in [6.07, 6.45) is 0. The maximum Gasteiger partial charge on any atom is 0.216 e. The van der Waals surface area contributed by atoms with Gasteiger partial charge in [-0.25, -0.2) is 0 Å². The molecule has 0 radical (unpaired) electrons. The zero-order valence-corrected chi connectivity index (χ0v) is 11.9. The maximum atomic E-state index is 10.5. The van der Waals surface area contributed by atoms with Crippen LogP contribution < -0.4 is 10.6 Å². The lowest BCUT2D eigenvalue weighted by Crippen LogP contribution is -2.26. The lowest BCUT2D eigenvalue weighted by atomic mass is 10.6. The van der Waals surface area contributed by atoms with Crippen molar-refractivity contribution in [1.29, 1.82) is 0 Å². The topological polar surface area (TPSA) is 76.7 Å². The van der Waals surface area contributed by atoms with E-state index in [0.717, 1.165) is 0 Å². The van der Waals surface area contributed by atoms with Gasteiger partial charge in [0.1, 0.15) is 0 Å². The Kier molecular flexibility index (Phi) is 16.9. The molecule has 0 saturated heterocycles. The van der Waals surface area contributed by atoms with Crippen LogP contribution in [0.15, 0.2) is 0 Å². The Morgan fingerprint density at radius 1 is 0.833 bits per heavy atom. The number of carbonyl (C=O) groups excluding carboxylic acids is 2. The van der Waals surface area contributed by atoms with Crippen molar-refractivity contribution in [1.82, 2.24) is 10.6 Å². The molecule has 2 amide bonds. The molecule has 0 aliphatic carbocycles. The zero-order chi connectivity index (χ0) is 14.2. The van der Waals surface area contributed by atoms with Crippen LogP contribution >= 0.6 is 0 Å². The first kappa shape index (κ1) is 19.2. The summed E-state index contributed by atoms with van der Waals surface area (Å²) in [7, 11) is 0. The van der Waals surface area contributed by atoms with E-state index in [9.17, 15) is 9.59 Å². The van der Waals surface area contributed by atoms with E-state index < -0.39 is 0 Å². The molecule has 0 saturated carbocycles. The predicted molar refractivity (Wildman–Crippen MR) is 74.6 cm³/mol. The second-order valence-corrected chi connectivity index (χ2v) is 3.19. The molecule has 0 bridgehead atoms. The van der Waals surface area contributed by atoms with Gasteiger partial charge in [-0.3, -0.25) is 9.59 Å². The molecule has 0 aliphatic rings. The number of amides is 2. The molecule has 0 unspecified atom stereocenters. The third-order valence-electron chi connectivity index (χ3n) is 1.61. The van der Waals surface area contributed by atoms with Crippen molar-refractivity contribution in [2.45, 2.75) is 27.7 Å². The van der Waals surface area contributed by atoms with Crippen LogP contribution in [0.2, 0.25) is 0 Å². The van der Waals surface area contributed by atoms with E-state index in [1.807, 2.05) is 13.8 Å². The Morgan fingerprint density at radius 3 is 1.44 bits per heavy atom. The molecule has 0 aliphatic heterocycles. The molecule has 18 heavy (non-hydrogen) atoms. The van der Waals surface area contributed by atoms with E-state index in [-0.39, 0.29) is 14.7 Å². The Hall–Kier alpha value is -1.14. The van der Waals surface area contributed by atoms with E-state index in [2.05, 4.69) is 10.6 Å². The average Bonchev–Trinajstić information content (AvgIpc) is 2.33. The first-order valence-electron chi connectivity index (χ1n) is 6.27. The van der Waals surface area contributed by atoms with Crippen molar-refractivity contribution in [2.75, 3.05) is 39.5 Å². The summed E-state index contributed by atoms with van der Waals surface area (Å²) < 4.78 is 10.4. The first-order chi connectivity index (χ1) is 8.63. The van der Waals surface area contributed by atoms with Crippen molar-refractivity contribution in [2.24, 2.45) is 0 Å². The summed E-state index contributed by atoms with van der Waals surface area (Å²) in [5.74, 6) is -0.120. The van der Waals surface area contributed by atoms with Crippen LogP contribution in [0.3, 0.4) is 0 Å². The van der Waals surface area contributed by atoms with Crippen molar-refractivity contribution >= 4 is 11.8 Å². The molecule has 0 rings (SSSR count). The van der Waals surface area contributed by atoms with Gasteiger partial charge in [0.15, 0.2) is 0 Å². The van der Waals surface area contributed by atoms with Gasteiger partial charge >= 0.3 is 0 Å². The molecular weight excluding hydrogens is 236 g/mol. The van der Waals surface area contributed by atoms with Crippen LogP contribution in [-0.2, 0) is 19.1 Å².